The lowest BCUT2D eigenvalue weighted by molar-refractivity contribution is 0.0899. The maximum absolute atomic E-state index is 13.7. The highest BCUT2D eigenvalue weighted by Gasteiger charge is 2.53. The predicted octanol–water partition coefficient (Wildman–Crippen LogP) is 3.25. The van der Waals surface area contributed by atoms with E-state index in [4.69, 9.17) is 4.84 Å². The van der Waals surface area contributed by atoms with Gasteiger partial charge in [0.2, 0.25) is 0 Å². The summed E-state index contributed by atoms with van der Waals surface area (Å²) < 4.78 is 13.7. The average Bonchev–Trinajstić information content (AvgIpc) is 3.12. The van der Waals surface area contributed by atoms with Crippen LogP contribution in [0.3, 0.4) is 0 Å². The molecule has 0 N–H and O–H groups in total. The Labute approximate surface area is 124 Å². The first-order valence-electron chi connectivity index (χ1n) is 7.22. The molecule has 0 radical (unpaired) electrons. The Bertz CT molecular complexity index is 727. The molecule has 1 fully saturated rings. The number of rotatable bonds is 2. The molecule has 3 nitrogen and oxygen atoms in total. The molecule has 1 saturated heterocycles. The highest BCUT2D eigenvalue weighted by atomic mass is 31.2. The van der Waals surface area contributed by atoms with Crippen molar-refractivity contribution in [1.82, 2.24) is 0 Å². The number of fused-ring (bicyclic) bond motifs is 1. The normalized spacial score (nSPS) is 30.6. The van der Waals surface area contributed by atoms with Gasteiger partial charge in [0.25, 0.3) is 0 Å². The van der Waals surface area contributed by atoms with Crippen molar-refractivity contribution in [2.45, 2.75) is 18.2 Å². The Hall–Kier alpha value is -1.86. The third kappa shape index (κ3) is 1.96. The Balaban J connectivity index is 1.79. The molecular weight excluding hydrogens is 281 g/mol. The summed E-state index contributed by atoms with van der Waals surface area (Å²) in [5.41, 5.74) is 1.77. The summed E-state index contributed by atoms with van der Waals surface area (Å²) in [6.45, 7) is 0. The molecule has 0 aliphatic carbocycles. The summed E-state index contributed by atoms with van der Waals surface area (Å²) >= 11 is 0. The van der Waals surface area contributed by atoms with Crippen LogP contribution in [0.4, 0.5) is 0 Å². The second-order valence-corrected chi connectivity index (χ2v) is 8.69. The topological polar surface area (TPSA) is 38.7 Å². The first-order valence-corrected chi connectivity index (χ1v) is 9.19. The van der Waals surface area contributed by atoms with Crippen LogP contribution in [0.25, 0.3) is 0 Å². The molecule has 0 bridgehead atoms. The molecular formula is C17H16NO2P. The van der Waals surface area contributed by atoms with E-state index in [-0.39, 0.29) is 11.8 Å². The first kappa shape index (κ1) is 12.8. The number of benzene rings is 2. The summed E-state index contributed by atoms with van der Waals surface area (Å²) in [6.07, 6.45) is 1.49. The number of hydrogen-bond acceptors (Lipinski definition) is 3. The van der Waals surface area contributed by atoms with Crippen molar-refractivity contribution in [3.05, 3.63) is 66.2 Å². The Morgan fingerprint density at radius 2 is 1.67 bits per heavy atom. The van der Waals surface area contributed by atoms with Gasteiger partial charge in [-0.2, -0.15) is 0 Å². The van der Waals surface area contributed by atoms with E-state index in [0.717, 1.165) is 23.0 Å². The van der Waals surface area contributed by atoms with Crippen molar-refractivity contribution in [2.75, 3.05) is 6.16 Å². The highest BCUT2D eigenvalue weighted by molar-refractivity contribution is 7.73. The molecule has 0 saturated carbocycles. The van der Waals surface area contributed by atoms with Gasteiger partial charge in [-0.25, -0.2) is 0 Å². The summed E-state index contributed by atoms with van der Waals surface area (Å²) in [5, 5.41) is 5.21. The highest BCUT2D eigenvalue weighted by Crippen LogP contribution is 2.60. The maximum Gasteiger partial charge on any atom is 0.143 e. The van der Waals surface area contributed by atoms with Gasteiger partial charge < -0.3 is 9.40 Å². The number of hydrogen-bond donors (Lipinski definition) is 0. The Morgan fingerprint density at radius 3 is 2.38 bits per heavy atom. The van der Waals surface area contributed by atoms with Gasteiger partial charge in [-0.3, -0.25) is 0 Å². The standard InChI is InChI=1S/C17H16NO2P/c19-21(14-9-5-2-6-10-14)12-11-15-17(21)16(18-20-15)13-7-3-1-4-8-13/h1-10,15,17H,11-12H2/t15-,17+,21-/m0/s1. The summed E-state index contributed by atoms with van der Waals surface area (Å²) in [7, 11) is -2.50. The Kier molecular flexibility index (Phi) is 2.97. The van der Waals surface area contributed by atoms with Gasteiger partial charge in [0.05, 0.1) is 0 Å². The van der Waals surface area contributed by atoms with Crippen molar-refractivity contribution in [1.29, 1.82) is 0 Å². The van der Waals surface area contributed by atoms with Crippen LogP contribution in [0, 0.1) is 0 Å². The molecule has 4 rings (SSSR count). The molecule has 0 spiro atoms. The number of nitrogens with zero attached hydrogens (tertiary/aromatic N) is 1. The van der Waals surface area contributed by atoms with Gasteiger partial charge in [-0.1, -0.05) is 65.8 Å². The molecule has 0 amide bonds. The van der Waals surface area contributed by atoms with E-state index < -0.39 is 7.14 Å². The lowest BCUT2D eigenvalue weighted by Gasteiger charge is -2.20. The van der Waals surface area contributed by atoms with Gasteiger partial charge in [-0.15, -0.1) is 0 Å². The minimum atomic E-state index is -2.50. The zero-order chi connectivity index (χ0) is 14.3. The molecule has 0 unspecified atom stereocenters. The van der Waals surface area contributed by atoms with Gasteiger partial charge in [-0.05, 0) is 6.42 Å². The average molecular weight is 297 g/mol. The van der Waals surface area contributed by atoms with Crippen LogP contribution < -0.4 is 5.30 Å². The van der Waals surface area contributed by atoms with Gasteiger partial charge in [0, 0.05) is 17.0 Å². The molecule has 0 aromatic heterocycles. The van der Waals surface area contributed by atoms with E-state index in [1.807, 2.05) is 60.7 Å². The van der Waals surface area contributed by atoms with Crippen LogP contribution >= 0.6 is 7.14 Å². The van der Waals surface area contributed by atoms with Crippen molar-refractivity contribution in [3.8, 4) is 0 Å². The lowest BCUT2D eigenvalue weighted by Crippen LogP contribution is -2.27. The first-order chi connectivity index (χ1) is 10.3. The van der Waals surface area contributed by atoms with Crippen LogP contribution in [0.15, 0.2) is 65.8 Å². The van der Waals surface area contributed by atoms with E-state index in [9.17, 15) is 4.57 Å². The largest absolute Gasteiger partial charge is 0.391 e. The van der Waals surface area contributed by atoms with E-state index in [2.05, 4.69) is 5.16 Å². The van der Waals surface area contributed by atoms with E-state index in [1.165, 1.54) is 0 Å². The number of oxime groups is 1. The Morgan fingerprint density at radius 1 is 1.00 bits per heavy atom. The van der Waals surface area contributed by atoms with Gasteiger partial charge >= 0.3 is 0 Å². The molecule has 2 heterocycles. The van der Waals surface area contributed by atoms with Crippen molar-refractivity contribution < 1.29 is 9.40 Å². The molecule has 4 heteroatoms. The van der Waals surface area contributed by atoms with Crippen molar-refractivity contribution in [3.63, 3.8) is 0 Å². The molecule has 2 aromatic carbocycles. The monoisotopic (exact) mass is 297 g/mol. The second kappa shape index (κ2) is 4.85. The quantitative estimate of drug-likeness (QED) is 0.798. The maximum atomic E-state index is 13.7. The van der Waals surface area contributed by atoms with Crippen molar-refractivity contribution >= 4 is 18.2 Å². The zero-order valence-corrected chi connectivity index (χ0v) is 12.4. The lowest BCUT2D eigenvalue weighted by atomic mass is 10.0. The van der Waals surface area contributed by atoms with E-state index in [0.29, 0.717) is 6.16 Å². The minimum Gasteiger partial charge on any atom is -0.391 e. The fourth-order valence-electron chi connectivity index (χ4n) is 3.35. The van der Waals surface area contributed by atoms with Crippen molar-refractivity contribution in [2.24, 2.45) is 5.16 Å². The second-order valence-electron chi connectivity index (χ2n) is 5.57. The van der Waals surface area contributed by atoms with E-state index >= 15 is 0 Å². The molecule has 2 aromatic rings. The SMILES string of the molecule is O=[P@]1(c2ccccc2)CC[C@@H]2ON=C(c3ccccc3)[C@@H]21. The molecule has 106 valence electrons. The predicted molar refractivity (Wildman–Crippen MR) is 84.8 cm³/mol. The minimum absolute atomic E-state index is 0.0359. The van der Waals surface area contributed by atoms with Crippen LogP contribution in [0.2, 0.25) is 0 Å². The molecule has 3 atom stereocenters. The van der Waals surface area contributed by atoms with Crippen LogP contribution in [-0.2, 0) is 9.40 Å². The summed E-state index contributed by atoms with van der Waals surface area (Å²) in [4.78, 5) is 5.58. The van der Waals surface area contributed by atoms with Gasteiger partial charge in [0.1, 0.15) is 24.6 Å². The third-order valence-corrected chi connectivity index (χ3v) is 7.95. The van der Waals surface area contributed by atoms with Crippen LogP contribution in [-0.4, -0.2) is 23.6 Å². The molecule has 21 heavy (non-hydrogen) atoms. The summed E-state index contributed by atoms with van der Waals surface area (Å²) in [5.74, 6) is 0. The zero-order valence-electron chi connectivity index (χ0n) is 11.6. The summed E-state index contributed by atoms with van der Waals surface area (Å²) in [6, 6.07) is 19.8. The van der Waals surface area contributed by atoms with E-state index in [1.54, 1.807) is 0 Å². The third-order valence-electron chi connectivity index (χ3n) is 4.38. The van der Waals surface area contributed by atoms with Crippen LogP contribution in [0.5, 0.6) is 0 Å². The van der Waals surface area contributed by atoms with Gasteiger partial charge in [0.15, 0.2) is 0 Å². The smallest absolute Gasteiger partial charge is 0.143 e. The van der Waals surface area contributed by atoms with Crippen LogP contribution in [0.1, 0.15) is 12.0 Å². The fourth-order valence-corrected chi connectivity index (χ4v) is 6.85. The molecule has 2 aliphatic rings. The molecule has 2 aliphatic heterocycles. The fraction of sp³-hybridized carbons (Fsp3) is 0.235.